The summed E-state index contributed by atoms with van der Waals surface area (Å²) in [5.41, 5.74) is 4.39. The molecular weight excluding hydrogens is 380 g/mol. The van der Waals surface area contributed by atoms with Crippen molar-refractivity contribution in [2.45, 2.75) is 13.3 Å². The van der Waals surface area contributed by atoms with E-state index in [4.69, 9.17) is 0 Å². The van der Waals surface area contributed by atoms with Gasteiger partial charge < -0.3 is 10.3 Å². The number of aromatic nitrogens is 1. The molecule has 29 heavy (non-hydrogen) atoms. The topological polar surface area (TPSA) is 69.3 Å². The molecule has 0 saturated carbocycles. The zero-order valence-corrected chi connectivity index (χ0v) is 16.9. The summed E-state index contributed by atoms with van der Waals surface area (Å²) in [6.45, 7) is 2.60. The highest BCUT2D eigenvalue weighted by molar-refractivity contribution is 7.12. The molecule has 0 bridgehead atoms. The number of thiophene rings is 1. The van der Waals surface area contributed by atoms with Gasteiger partial charge in [-0.05, 0) is 48.6 Å². The number of hydrogen-bond donors (Lipinski definition) is 3. The second-order valence-corrected chi connectivity index (χ2v) is 7.71. The van der Waals surface area contributed by atoms with Crippen molar-refractivity contribution in [3.63, 3.8) is 0 Å². The molecule has 0 unspecified atom stereocenters. The standard InChI is InChI=1S/C23H22N4OS/c1-16-8-10-18(11-9-16)26-23(27-22(28)21-7-4-14-29-21)24-13-12-17-15-25-20-6-3-2-5-19(17)20/h2-11,14-15,25H,12-13H2,1H3,(H2,24,26,27,28). The molecule has 146 valence electrons. The number of aromatic amines is 1. The van der Waals surface area contributed by atoms with Gasteiger partial charge in [0.05, 0.1) is 4.88 Å². The van der Waals surface area contributed by atoms with Crippen molar-refractivity contribution in [1.29, 1.82) is 0 Å². The predicted molar refractivity (Wildman–Crippen MR) is 121 cm³/mol. The van der Waals surface area contributed by atoms with E-state index in [9.17, 15) is 4.79 Å². The molecule has 0 saturated heterocycles. The van der Waals surface area contributed by atoms with Gasteiger partial charge >= 0.3 is 0 Å². The highest BCUT2D eigenvalue weighted by Crippen LogP contribution is 2.18. The summed E-state index contributed by atoms with van der Waals surface area (Å²) < 4.78 is 0. The zero-order chi connectivity index (χ0) is 20.1. The number of carbonyl (C=O) groups excluding carboxylic acids is 1. The summed E-state index contributed by atoms with van der Waals surface area (Å²) in [6, 6.07) is 19.9. The molecule has 2 aromatic carbocycles. The van der Waals surface area contributed by atoms with E-state index in [1.54, 1.807) is 6.07 Å². The molecule has 1 amide bonds. The Morgan fingerprint density at radius 1 is 1.07 bits per heavy atom. The molecule has 2 heterocycles. The third-order valence-corrected chi connectivity index (χ3v) is 5.49. The highest BCUT2D eigenvalue weighted by atomic mass is 32.1. The van der Waals surface area contributed by atoms with Gasteiger partial charge in [0.2, 0.25) is 5.96 Å². The molecule has 0 aliphatic heterocycles. The van der Waals surface area contributed by atoms with Crippen molar-refractivity contribution >= 4 is 39.8 Å². The first-order chi connectivity index (χ1) is 14.2. The monoisotopic (exact) mass is 402 g/mol. The van der Waals surface area contributed by atoms with E-state index in [1.807, 2.05) is 61.0 Å². The number of rotatable bonds is 5. The number of hydrogen-bond acceptors (Lipinski definition) is 3. The minimum atomic E-state index is -0.162. The maximum absolute atomic E-state index is 12.5. The van der Waals surface area contributed by atoms with Gasteiger partial charge in [0, 0.05) is 29.3 Å². The van der Waals surface area contributed by atoms with Crippen LogP contribution in [-0.4, -0.2) is 23.4 Å². The molecule has 0 aliphatic carbocycles. The summed E-state index contributed by atoms with van der Waals surface area (Å²) in [5.74, 6) is 0.289. The van der Waals surface area contributed by atoms with Gasteiger partial charge in [0.25, 0.3) is 5.91 Å². The Hall–Kier alpha value is -3.38. The summed E-state index contributed by atoms with van der Waals surface area (Å²) in [4.78, 5) is 21.1. The van der Waals surface area contributed by atoms with E-state index in [0.717, 1.165) is 17.6 Å². The number of aliphatic imine (C=N–C) groups is 1. The fourth-order valence-corrected chi connectivity index (χ4v) is 3.71. The second kappa shape index (κ2) is 8.75. The number of para-hydroxylation sites is 1. The fourth-order valence-electron chi connectivity index (χ4n) is 3.09. The average Bonchev–Trinajstić information content (AvgIpc) is 3.40. The van der Waals surface area contributed by atoms with Gasteiger partial charge in [0.15, 0.2) is 0 Å². The smallest absolute Gasteiger partial charge is 0.268 e. The molecule has 5 nitrogen and oxygen atoms in total. The molecule has 0 atom stereocenters. The van der Waals surface area contributed by atoms with Crippen molar-refractivity contribution in [3.05, 3.63) is 88.2 Å². The highest BCUT2D eigenvalue weighted by Gasteiger charge is 2.10. The first-order valence-electron chi connectivity index (χ1n) is 9.47. The lowest BCUT2D eigenvalue weighted by Gasteiger charge is -2.11. The van der Waals surface area contributed by atoms with Gasteiger partial charge in [0.1, 0.15) is 0 Å². The maximum Gasteiger partial charge on any atom is 0.268 e. The number of carbonyl (C=O) groups is 1. The lowest BCUT2D eigenvalue weighted by atomic mass is 10.1. The Balaban J connectivity index is 1.50. The van der Waals surface area contributed by atoms with Gasteiger partial charge in [-0.3, -0.25) is 15.1 Å². The Kier molecular flexibility index (Phi) is 5.72. The lowest BCUT2D eigenvalue weighted by Crippen LogP contribution is -2.36. The van der Waals surface area contributed by atoms with Crippen LogP contribution in [-0.2, 0) is 6.42 Å². The van der Waals surface area contributed by atoms with Crippen LogP contribution >= 0.6 is 11.3 Å². The molecule has 4 aromatic rings. The van der Waals surface area contributed by atoms with Crippen LogP contribution in [0.2, 0.25) is 0 Å². The van der Waals surface area contributed by atoms with E-state index in [2.05, 4.69) is 32.7 Å². The number of aryl methyl sites for hydroxylation is 1. The number of nitrogens with zero attached hydrogens (tertiary/aromatic N) is 1. The Morgan fingerprint density at radius 3 is 2.69 bits per heavy atom. The van der Waals surface area contributed by atoms with Crippen molar-refractivity contribution in [2.24, 2.45) is 4.99 Å². The maximum atomic E-state index is 12.5. The summed E-state index contributed by atoms with van der Waals surface area (Å²) in [5, 5.41) is 9.23. The SMILES string of the molecule is Cc1ccc(NC(=NCCc2c[nH]c3ccccc23)NC(=O)c2cccs2)cc1. The van der Waals surface area contributed by atoms with E-state index >= 15 is 0 Å². The van der Waals surface area contributed by atoms with Crippen LogP contribution in [0.3, 0.4) is 0 Å². The number of nitrogens with one attached hydrogen (secondary N) is 3. The number of amides is 1. The normalized spacial score (nSPS) is 11.6. The van der Waals surface area contributed by atoms with Crippen LogP contribution in [0.25, 0.3) is 10.9 Å². The lowest BCUT2D eigenvalue weighted by molar-refractivity contribution is 0.0981. The molecule has 0 aliphatic rings. The van der Waals surface area contributed by atoms with E-state index < -0.39 is 0 Å². The number of fused-ring (bicyclic) bond motifs is 1. The summed E-state index contributed by atoms with van der Waals surface area (Å²) >= 11 is 1.41. The van der Waals surface area contributed by atoms with E-state index in [1.165, 1.54) is 27.8 Å². The third-order valence-electron chi connectivity index (χ3n) is 4.62. The first kappa shape index (κ1) is 19.0. The second-order valence-electron chi connectivity index (χ2n) is 6.76. The number of benzene rings is 2. The molecule has 3 N–H and O–H groups in total. The van der Waals surface area contributed by atoms with Crippen LogP contribution in [0, 0.1) is 6.92 Å². The third kappa shape index (κ3) is 4.73. The Bertz CT molecular complexity index is 1130. The van der Waals surface area contributed by atoms with E-state index in [-0.39, 0.29) is 5.91 Å². The van der Waals surface area contributed by atoms with Gasteiger partial charge in [-0.2, -0.15) is 0 Å². The first-order valence-corrected chi connectivity index (χ1v) is 10.3. The molecule has 0 spiro atoms. The molecular formula is C23H22N4OS. The fraction of sp³-hybridized carbons (Fsp3) is 0.130. The van der Waals surface area contributed by atoms with Crippen molar-refractivity contribution in [1.82, 2.24) is 10.3 Å². The summed E-state index contributed by atoms with van der Waals surface area (Å²) in [6.07, 6.45) is 2.80. The Morgan fingerprint density at radius 2 is 1.90 bits per heavy atom. The zero-order valence-electron chi connectivity index (χ0n) is 16.1. The van der Waals surface area contributed by atoms with Gasteiger partial charge in [-0.15, -0.1) is 11.3 Å². The number of guanidine groups is 1. The molecule has 4 rings (SSSR count). The quantitative estimate of drug-likeness (QED) is 0.326. The van der Waals surface area contributed by atoms with Gasteiger partial charge in [-0.1, -0.05) is 42.0 Å². The number of H-pyrrole nitrogens is 1. The minimum absolute atomic E-state index is 0.162. The molecule has 0 radical (unpaired) electrons. The van der Waals surface area contributed by atoms with Crippen molar-refractivity contribution in [3.8, 4) is 0 Å². The molecule has 6 heteroatoms. The van der Waals surface area contributed by atoms with Crippen molar-refractivity contribution < 1.29 is 4.79 Å². The largest absolute Gasteiger partial charge is 0.361 e. The van der Waals surface area contributed by atoms with Crippen molar-refractivity contribution in [2.75, 3.05) is 11.9 Å². The van der Waals surface area contributed by atoms with E-state index in [0.29, 0.717) is 17.4 Å². The van der Waals surface area contributed by atoms with Crippen LogP contribution in [0.4, 0.5) is 5.69 Å². The predicted octanol–water partition coefficient (Wildman–Crippen LogP) is 4.98. The summed E-state index contributed by atoms with van der Waals surface area (Å²) in [7, 11) is 0. The Labute approximate surface area is 173 Å². The minimum Gasteiger partial charge on any atom is -0.361 e. The van der Waals surface area contributed by atoms with Crippen LogP contribution < -0.4 is 10.6 Å². The average molecular weight is 403 g/mol. The molecule has 0 fully saturated rings. The molecule has 2 aromatic heterocycles. The van der Waals surface area contributed by atoms with Crippen LogP contribution in [0.15, 0.2) is 77.2 Å². The van der Waals surface area contributed by atoms with Crippen LogP contribution in [0.1, 0.15) is 20.8 Å². The van der Waals surface area contributed by atoms with Gasteiger partial charge in [-0.25, -0.2) is 0 Å². The number of anilines is 1. The van der Waals surface area contributed by atoms with Crippen LogP contribution in [0.5, 0.6) is 0 Å².